The molecule has 3 heteroatoms. The lowest BCUT2D eigenvalue weighted by Gasteiger charge is -2.12. The minimum absolute atomic E-state index is 0.227. The maximum atomic E-state index is 5.48. The van der Waals surface area contributed by atoms with E-state index >= 15 is 0 Å². The van der Waals surface area contributed by atoms with Crippen LogP contribution >= 0.6 is 12.2 Å². The number of thiocarbonyl (C=S) groups is 1. The standard InChI is InChI=1S/C16H13NOS/c1-2-12-18-15-11-7-6-10-14(15)16(19)17-13-8-4-3-5-9-13/h1,3-11H,12H2,(H,17,19). The first-order valence-electron chi connectivity index (χ1n) is 5.83. The average Bonchev–Trinajstić information content (AvgIpc) is 2.46. The molecule has 2 aromatic rings. The van der Waals surface area contributed by atoms with E-state index in [1.165, 1.54) is 0 Å². The highest BCUT2D eigenvalue weighted by atomic mass is 32.1. The summed E-state index contributed by atoms with van der Waals surface area (Å²) in [6.45, 7) is 0.227. The van der Waals surface area contributed by atoms with Gasteiger partial charge in [0.1, 0.15) is 17.3 Å². The Hall–Kier alpha value is -2.31. The van der Waals surface area contributed by atoms with Crippen LogP contribution in [-0.2, 0) is 0 Å². The number of benzene rings is 2. The normalized spacial score (nSPS) is 9.42. The molecule has 0 aliphatic carbocycles. The van der Waals surface area contributed by atoms with Crippen LogP contribution in [0.4, 0.5) is 5.69 Å². The van der Waals surface area contributed by atoms with E-state index in [0.717, 1.165) is 11.3 Å². The molecule has 0 fully saturated rings. The number of anilines is 1. The fraction of sp³-hybridized carbons (Fsp3) is 0.0625. The van der Waals surface area contributed by atoms with E-state index in [4.69, 9.17) is 23.4 Å². The lowest BCUT2D eigenvalue weighted by molar-refractivity contribution is 0.370. The predicted molar refractivity (Wildman–Crippen MR) is 82.5 cm³/mol. The fourth-order valence-electron chi connectivity index (χ4n) is 1.62. The Kier molecular flexibility index (Phi) is 4.54. The molecular formula is C16H13NOS. The second kappa shape index (κ2) is 6.58. The third kappa shape index (κ3) is 3.57. The fourth-order valence-corrected chi connectivity index (χ4v) is 1.91. The molecule has 0 saturated heterocycles. The van der Waals surface area contributed by atoms with E-state index in [2.05, 4.69) is 11.2 Å². The summed E-state index contributed by atoms with van der Waals surface area (Å²) in [5.41, 5.74) is 1.77. The highest BCUT2D eigenvalue weighted by Gasteiger charge is 2.08. The number of nitrogens with one attached hydrogen (secondary N) is 1. The van der Waals surface area contributed by atoms with Crippen LogP contribution in [0.3, 0.4) is 0 Å². The Balaban J connectivity index is 2.17. The lowest BCUT2D eigenvalue weighted by Crippen LogP contribution is -2.12. The molecule has 1 N–H and O–H groups in total. The minimum atomic E-state index is 0.227. The Morgan fingerprint density at radius 1 is 1.11 bits per heavy atom. The zero-order valence-corrected chi connectivity index (χ0v) is 11.1. The number of rotatable bonds is 4. The number of hydrogen-bond donors (Lipinski definition) is 1. The first-order valence-corrected chi connectivity index (χ1v) is 6.24. The topological polar surface area (TPSA) is 21.3 Å². The van der Waals surface area contributed by atoms with Crippen molar-refractivity contribution in [1.82, 2.24) is 0 Å². The molecule has 2 aromatic carbocycles. The Morgan fingerprint density at radius 2 is 1.79 bits per heavy atom. The molecule has 0 radical (unpaired) electrons. The SMILES string of the molecule is C#CCOc1ccccc1C(=S)Nc1ccccc1. The molecule has 0 spiro atoms. The van der Waals surface area contributed by atoms with Gasteiger partial charge in [0.25, 0.3) is 0 Å². The van der Waals surface area contributed by atoms with Crippen molar-refractivity contribution in [3.05, 3.63) is 60.2 Å². The van der Waals surface area contributed by atoms with Crippen molar-refractivity contribution >= 4 is 22.9 Å². The van der Waals surface area contributed by atoms with Crippen molar-refractivity contribution in [2.45, 2.75) is 0 Å². The third-order valence-corrected chi connectivity index (χ3v) is 2.80. The van der Waals surface area contributed by atoms with Gasteiger partial charge < -0.3 is 10.1 Å². The van der Waals surface area contributed by atoms with Crippen LogP contribution in [0.25, 0.3) is 0 Å². The van der Waals surface area contributed by atoms with E-state index in [9.17, 15) is 0 Å². The first kappa shape index (κ1) is 13.1. The Morgan fingerprint density at radius 3 is 2.53 bits per heavy atom. The minimum Gasteiger partial charge on any atom is -0.480 e. The van der Waals surface area contributed by atoms with Crippen LogP contribution in [0.1, 0.15) is 5.56 Å². The molecular weight excluding hydrogens is 254 g/mol. The number of ether oxygens (including phenoxy) is 1. The first-order chi connectivity index (χ1) is 9.31. The molecule has 19 heavy (non-hydrogen) atoms. The monoisotopic (exact) mass is 267 g/mol. The van der Waals surface area contributed by atoms with Crippen molar-refractivity contribution in [3.63, 3.8) is 0 Å². The summed E-state index contributed by atoms with van der Waals surface area (Å²) < 4.78 is 5.48. The van der Waals surface area contributed by atoms with Gasteiger partial charge in [-0.1, -0.05) is 48.5 Å². The van der Waals surface area contributed by atoms with Gasteiger partial charge in [-0.15, -0.1) is 6.42 Å². The summed E-state index contributed by atoms with van der Waals surface area (Å²) in [6.07, 6.45) is 5.20. The predicted octanol–water partition coefficient (Wildman–Crippen LogP) is 3.49. The zero-order valence-electron chi connectivity index (χ0n) is 10.3. The molecule has 94 valence electrons. The van der Waals surface area contributed by atoms with Crippen molar-refractivity contribution in [2.24, 2.45) is 0 Å². The molecule has 0 aliphatic rings. The molecule has 0 atom stereocenters. The summed E-state index contributed by atoms with van der Waals surface area (Å²) >= 11 is 5.40. The van der Waals surface area contributed by atoms with E-state index in [1.54, 1.807) is 0 Å². The summed E-state index contributed by atoms with van der Waals surface area (Å²) in [6, 6.07) is 17.3. The molecule has 0 unspecified atom stereocenters. The molecule has 2 rings (SSSR count). The smallest absolute Gasteiger partial charge is 0.148 e. The van der Waals surface area contributed by atoms with Crippen molar-refractivity contribution < 1.29 is 4.74 Å². The summed E-state index contributed by atoms with van der Waals surface area (Å²) in [5, 5.41) is 3.17. The van der Waals surface area contributed by atoms with Gasteiger partial charge in [-0.25, -0.2) is 0 Å². The molecule has 0 heterocycles. The van der Waals surface area contributed by atoms with Crippen LogP contribution in [0.5, 0.6) is 5.75 Å². The van der Waals surface area contributed by atoms with Crippen molar-refractivity contribution in [1.29, 1.82) is 0 Å². The highest BCUT2D eigenvalue weighted by molar-refractivity contribution is 7.81. The largest absolute Gasteiger partial charge is 0.480 e. The second-order valence-corrected chi connectivity index (χ2v) is 4.22. The van der Waals surface area contributed by atoms with E-state index in [-0.39, 0.29) is 6.61 Å². The van der Waals surface area contributed by atoms with Gasteiger partial charge in [-0.3, -0.25) is 0 Å². The quantitative estimate of drug-likeness (QED) is 0.677. The van der Waals surface area contributed by atoms with Crippen LogP contribution < -0.4 is 10.1 Å². The zero-order chi connectivity index (χ0) is 13.5. The summed E-state index contributed by atoms with van der Waals surface area (Å²) in [4.78, 5) is 0.610. The summed E-state index contributed by atoms with van der Waals surface area (Å²) in [7, 11) is 0. The van der Waals surface area contributed by atoms with Crippen molar-refractivity contribution in [2.75, 3.05) is 11.9 Å². The Labute approximate surface area is 118 Å². The lowest BCUT2D eigenvalue weighted by atomic mass is 10.2. The molecule has 2 nitrogen and oxygen atoms in total. The second-order valence-electron chi connectivity index (χ2n) is 3.81. The third-order valence-electron chi connectivity index (χ3n) is 2.47. The Bertz CT molecular complexity index is 602. The van der Waals surface area contributed by atoms with E-state index in [1.807, 2.05) is 54.6 Å². The number of para-hydroxylation sites is 2. The van der Waals surface area contributed by atoms with E-state index < -0.39 is 0 Å². The van der Waals surface area contributed by atoms with Gasteiger partial charge in [-0.2, -0.15) is 0 Å². The van der Waals surface area contributed by atoms with Gasteiger partial charge in [0.15, 0.2) is 0 Å². The van der Waals surface area contributed by atoms with Gasteiger partial charge in [0, 0.05) is 5.69 Å². The van der Waals surface area contributed by atoms with Crippen LogP contribution in [-0.4, -0.2) is 11.6 Å². The molecule has 0 saturated carbocycles. The molecule has 0 amide bonds. The van der Waals surface area contributed by atoms with Gasteiger partial charge in [0.05, 0.1) is 5.56 Å². The van der Waals surface area contributed by atoms with Crippen LogP contribution in [0, 0.1) is 12.3 Å². The average molecular weight is 267 g/mol. The molecule has 0 aliphatic heterocycles. The van der Waals surface area contributed by atoms with Crippen LogP contribution in [0.15, 0.2) is 54.6 Å². The number of terminal acetylenes is 1. The molecule has 0 aromatic heterocycles. The summed E-state index contributed by atoms with van der Waals surface area (Å²) in [5.74, 6) is 3.13. The van der Waals surface area contributed by atoms with E-state index in [0.29, 0.717) is 10.7 Å². The number of hydrogen-bond acceptors (Lipinski definition) is 2. The van der Waals surface area contributed by atoms with Crippen LogP contribution in [0.2, 0.25) is 0 Å². The van der Waals surface area contributed by atoms with Crippen molar-refractivity contribution in [3.8, 4) is 18.1 Å². The molecule has 0 bridgehead atoms. The van der Waals surface area contributed by atoms with Gasteiger partial charge >= 0.3 is 0 Å². The maximum absolute atomic E-state index is 5.48. The van der Waals surface area contributed by atoms with Gasteiger partial charge in [-0.05, 0) is 24.3 Å². The van der Waals surface area contributed by atoms with Gasteiger partial charge in [0.2, 0.25) is 0 Å². The highest BCUT2D eigenvalue weighted by Crippen LogP contribution is 2.20. The maximum Gasteiger partial charge on any atom is 0.148 e.